The summed E-state index contributed by atoms with van der Waals surface area (Å²) in [5, 5.41) is 0. The second-order valence-electron chi connectivity index (χ2n) is 5.10. The second kappa shape index (κ2) is 5.62. The van der Waals surface area contributed by atoms with Crippen molar-refractivity contribution in [1.29, 1.82) is 0 Å². The van der Waals surface area contributed by atoms with E-state index in [-0.39, 0.29) is 0 Å². The maximum absolute atomic E-state index is 6.06. The standard InChI is InChI=1S/C14H19BrClN/c1-10(2)17(9-11-3-4-11)14-6-5-13(15)7-12(14)8-16/h5-7,10-11H,3-4,8-9H2,1-2H3. The second-order valence-corrected chi connectivity index (χ2v) is 6.28. The van der Waals surface area contributed by atoms with Crippen LogP contribution >= 0.6 is 27.5 Å². The van der Waals surface area contributed by atoms with Crippen LogP contribution in [0.25, 0.3) is 0 Å². The third-order valence-corrected chi connectivity index (χ3v) is 4.05. The van der Waals surface area contributed by atoms with E-state index < -0.39 is 0 Å². The number of hydrogen-bond acceptors (Lipinski definition) is 1. The highest BCUT2D eigenvalue weighted by Crippen LogP contribution is 2.34. The molecule has 3 heteroatoms. The summed E-state index contributed by atoms with van der Waals surface area (Å²) >= 11 is 9.57. The smallest absolute Gasteiger partial charge is 0.0494 e. The molecule has 0 aliphatic heterocycles. The quantitative estimate of drug-likeness (QED) is 0.704. The fraction of sp³-hybridized carbons (Fsp3) is 0.571. The molecular weight excluding hydrogens is 298 g/mol. The van der Waals surface area contributed by atoms with Crippen LogP contribution in [0.4, 0.5) is 5.69 Å². The van der Waals surface area contributed by atoms with Gasteiger partial charge < -0.3 is 4.90 Å². The van der Waals surface area contributed by atoms with E-state index in [0.29, 0.717) is 11.9 Å². The van der Waals surface area contributed by atoms with Gasteiger partial charge in [0.1, 0.15) is 0 Å². The van der Waals surface area contributed by atoms with Crippen molar-refractivity contribution in [2.75, 3.05) is 11.4 Å². The highest BCUT2D eigenvalue weighted by Gasteiger charge is 2.26. The Balaban J connectivity index is 2.26. The van der Waals surface area contributed by atoms with Crippen molar-refractivity contribution in [3.05, 3.63) is 28.2 Å². The molecule has 0 spiro atoms. The molecule has 0 heterocycles. The van der Waals surface area contributed by atoms with Crippen molar-refractivity contribution >= 4 is 33.2 Å². The van der Waals surface area contributed by atoms with Crippen molar-refractivity contribution in [3.63, 3.8) is 0 Å². The molecule has 1 aliphatic rings. The Labute approximate surface area is 117 Å². The van der Waals surface area contributed by atoms with Gasteiger partial charge in [-0.05, 0) is 56.4 Å². The van der Waals surface area contributed by atoms with Crippen LogP contribution in [-0.4, -0.2) is 12.6 Å². The number of nitrogens with zero attached hydrogens (tertiary/aromatic N) is 1. The summed E-state index contributed by atoms with van der Waals surface area (Å²) in [7, 11) is 0. The largest absolute Gasteiger partial charge is 0.369 e. The number of alkyl halides is 1. The minimum Gasteiger partial charge on any atom is -0.369 e. The van der Waals surface area contributed by atoms with E-state index >= 15 is 0 Å². The van der Waals surface area contributed by atoms with Crippen molar-refractivity contribution < 1.29 is 0 Å². The van der Waals surface area contributed by atoms with E-state index in [1.807, 2.05) is 0 Å². The van der Waals surface area contributed by atoms with Gasteiger partial charge in [0.25, 0.3) is 0 Å². The van der Waals surface area contributed by atoms with Crippen molar-refractivity contribution in [3.8, 4) is 0 Å². The van der Waals surface area contributed by atoms with Gasteiger partial charge in [0.2, 0.25) is 0 Å². The predicted octanol–water partition coefficient (Wildman–Crippen LogP) is 4.81. The number of benzene rings is 1. The van der Waals surface area contributed by atoms with Gasteiger partial charge in [-0.15, -0.1) is 11.6 Å². The van der Waals surface area contributed by atoms with E-state index in [2.05, 4.69) is 52.9 Å². The zero-order valence-corrected chi connectivity index (χ0v) is 12.8. The molecule has 0 saturated heterocycles. The van der Waals surface area contributed by atoms with Crippen LogP contribution < -0.4 is 4.90 Å². The van der Waals surface area contributed by atoms with E-state index in [0.717, 1.165) is 10.4 Å². The van der Waals surface area contributed by atoms with Crippen LogP contribution in [0.5, 0.6) is 0 Å². The highest BCUT2D eigenvalue weighted by atomic mass is 79.9. The van der Waals surface area contributed by atoms with Crippen LogP contribution in [0, 0.1) is 5.92 Å². The first-order chi connectivity index (χ1) is 8.11. The molecular formula is C14H19BrClN. The van der Waals surface area contributed by atoms with Gasteiger partial charge in [0.15, 0.2) is 0 Å². The van der Waals surface area contributed by atoms with Crippen LogP contribution in [0.1, 0.15) is 32.3 Å². The maximum atomic E-state index is 6.06. The van der Waals surface area contributed by atoms with E-state index in [1.54, 1.807) is 0 Å². The van der Waals surface area contributed by atoms with Gasteiger partial charge >= 0.3 is 0 Å². The average molecular weight is 317 g/mol. The zero-order chi connectivity index (χ0) is 12.4. The third-order valence-electron chi connectivity index (χ3n) is 3.27. The molecule has 1 aromatic rings. The first kappa shape index (κ1) is 13.2. The molecule has 1 nitrogen and oxygen atoms in total. The molecule has 94 valence electrons. The van der Waals surface area contributed by atoms with Crippen molar-refractivity contribution in [2.24, 2.45) is 5.92 Å². The van der Waals surface area contributed by atoms with Crippen LogP contribution in [0.2, 0.25) is 0 Å². The van der Waals surface area contributed by atoms with Crippen LogP contribution in [0.15, 0.2) is 22.7 Å². The summed E-state index contributed by atoms with van der Waals surface area (Å²) in [6, 6.07) is 6.95. The number of hydrogen-bond donors (Lipinski definition) is 0. The lowest BCUT2D eigenvalue weighted by atomic mass is 10.1. The van der Waals surface area contributed by atoms with Gasteiger partial charge in [0.05, 0.1) is 0 Å². The van der Waals surface area contributed by atoms with Crippen molar-refractivity contribution in [2.45, 2.75) is 38.6 Å². The van der Waals surface area contributed by atoms with Gasteiger partial charge in [-0.2, -0.15) is 0 Å². The van der Waals surface area contributed by atoms with Gasteiger partial charge in [0, 0.05) is 28.6 Å². The molecule has 0 atom stereocenters. The highest BCUT2D eigenvalue weighted by molar-refractivity contribution is 9.10. The summed E-state index contributed by atoms with van der Waals surface area (Å²) < 4.78 is 1.10. The predicted molar refractivity (Wildman–Crippen MR) is 78.9 cm³/mol. The van der Waals surface area contributed by atoms with E-state index in [1.165, 1.54) is 30.6 Å². The molecule has 0 aromatic heterocycles. The Morgan fingerprint density at radius 3 is 2.65 bits per heavy atom. The number of rotatable bonds is 5. The first-order valence-electron chi connectivity index (χ1n) is 6.23. The molecule has 1 saturated carbocycles. The molecule has 2 rings (SSSR count). The van der Waals surface area contributed by atoms with Crippen molar-refractivity contribution in [1.82, 2.24) is 0 Å². The first-order valence-corrected chi connectivity index (χ1v) is 7.55. The molecule has 0 bridgehead atoms. The maximum Gasteiger partial charge on any atom is 0.0494 e. The molecule has 0 N–H and O–H groups in total. The Morgan fingerprint density at radius 1 is 1.41 bits per heavy atom. The minimum atomic E-state index is 0.527. The topological polar surface area (TPSA) is 3.24 Å². The Bertz CT molecular complexity index is 388. The Kier molecular flexibility index (Phi) is 4.37. The van der Waals surface area contributed by atoms with Gasteiger partial charge in [-0.25, -0.2) is 0 Å². The zero-order valence-electron chi connectivity index (χ0n) is 10.4. The molecule has 0 amide bonds. The van der Waals surface area contributed by atoms with E-state index in [9.17, 15) is 0 Å². The lowest BCUT2D eigenvalue weighted by Crippen LogP contribution is -2.33. The molecule has 17 heavy (non-hydrogen) atoms. The Hall–Kier alpha value is -0.210. The molecule has 1 aliphatic carbocycles. The minimum absolute atomic E-state index is 0.527. The van der Waals surface area contributed by atoms with E-state index in [4.69, 9.17) is 11.6 Å². The van der Waals surface area contributed by atoms with Crippen LogP contribution in [0.3, 0.4) is 0 Å². The summed E-state index contributed by atoms with van der Waals surface area (Å²) in [5.74, 6) is 1.46. The van der Waals surface area contributed by atoms with Gasteiger partial charge in [-0.3, -0.25) is 0 Å². The summed E-state index contributed by atoms with van der Waals surface area (Å²) in [4.78, 5) is 2.49. The average Bonchev–Trinajstić information content (AvgIpc) is 3.09. The Morgan fingerprint density at radius 2 is 2.12 bits per heavy atom. The molecule has 0 unspecified atom stereocenters. The fourth-order valence-electron chi connectivity index (χ4n) is 2.11. The summed E-state index contributed by atoms with van der Waals surface area (Å²) in [6.45, 7) is 5.67. The molecule has 1 fully saturated rings. The lowest BCUT2D eigenvalue weighted by molar-refractivity contribution is 0.643. The SMILES string of the molecule is CC(C)N(CC1CC1)c1ccc(Br)cc1CCl. The summed E-state index contributed by atoms with van der Waals surface area (Å²) in [6.07, 6.45) is 2.77. The number of halogens is 2. The third kappa shape index (κ3) is 3.38. The number of anilines is 1. The molecule has 1 aromatic carbocycles. The van der Waals surface area contributed by atoms with Crippen LogP contribution in [-0.2, 0) is 5.88 Å². The normalized spacial score (nSPS) is 15.4. The lowest BCUT2D eigenvalue weighted by Gasteiger charge is -2.31. The van der Waals surface area contributed by atoms with Gasteiger partial charge in [-0.1, -0.05) is 15.9 Å². The fourth-order valence-corrected chi connectivity index (χ4v) is 2.73. The summed E-state index contributed by atoms with van der Waals surface area (Å²) in [5.41, 5.74) is 2.51. The molecule has 0 radical (unpaired) electrons. The monoisotopic (exact) mass is 315 g/mol.